The average molecular weight is 343 g/mol. The Morgan fingerprint density at radius 1 is 1.12 bits per heavy atom. The minimum absolute atomic E-state index is 0.228. The third kappa shape index (κ3) is 5.00. The molecule has 3 aromatic rings. The number of aliphatic hydroxyl groups excluding tert-OH is 2. The Morgan fingerprint density at radius 2 is 1.76 bits per heavy atom. The molecule has 0 fully saturated rings. The molecule has 3 rings (SSSR count). The van der Waals surface area contributed by atoms with Gasteiger partial charge in [-0.3, -0.25) is 10.4 Å². The molecule has 25 heavy (non-hydrogen) atoms. The van der Waals surface area contributed by atoms with Crippen molar-refractivity contribution >= 4 is 22.8 Å². The number of urea groups is 1. The topological polar surface area (TPSA) is 123 Å². The second-order valence-electron chi connectivity index (χ2n) is 5.01. The van der Waals surface area contributed by atoms with Gasteiger partial charge in [-0.25, -0.2) is 9.78 Å². The van der Waals surface area contributed by atoms with Gasteiger partial charge in [0.15, 0.2) is 0 Å². The minimum Gasteiger partial charge on any atom is -0.390 e. The molecule has 8 heteroatoms. The number of amides is 2. The van der Waals surface area contributed by atoms with E-state index in [-0.39, 0.29) is 19.2 Å². The van der Waals surface area contributed by atoms with Crippen LogP contribution in [0.15, 0.2) is 42.5 Å². The van der Waals surface area contributed by atoms with Crippen LogP contribution in [-0.4, -0.2) is 38.0 Å². The first-order valence-electron chi connectivity index (χ1n) is 7.83. The largest absolute Gasteiger partial charge is 0.390 e. The van der Waals surface area contributed by atoms with Crippen molar-refractivity contribution in [1.29, 1.82) is 0 Å². The first kappa shape index (κ1) is 18.4. The number of benzene rings is 1. The van der Waals surface area contributed by atoms with Crippen LogP contribution in [0.4, 0.5) is 10.6 Å². The molecular formula is C17H21N5O3. The number of carbonyl (C=O) groups excluding carboxylic acids is 1. The zero-order valence-corrected chi connectivity index (χ0v) is 13.9. The molecule has 2 aromatic heterocycles. The normalized spacial score (nSPS) is 10.0. The van der Waals surface area contributed by atoms with Crippen LogP contribution in [-0.2, 0) is 13.2 Å². The summed E-state index contributed by atoms with van der Waals surface area (Å²) in [6, 6.07) is 13.2. The van der Waals surface area contributed by atoms with Gasteiger partial charge in [-0.05, 0) is 6.92 Å². The minimum atomic E-state index is -0.379. The molecular weight excluding hydrogens is 322 g/mol. The van der Waals surface area contributed by atoms with Crippen LogP contribution in [0.3, 0.4) is 0 Å². The Kier molecular flexibility index (Phi) is 6.87. The van der Waals surface area contributed by atoms with Crippen LogP contribution in [0.1, 0.15) is 18.3 Å². The first-order valence-corrected chi connectivity index (χ1v) is 7.83. The summed E-state index contributed by atoms with van der Waals surface area (Å²) in [6.07, 6.45) is 0. The summed E-state index contributed by atoms with van der Waals surface area (Å²) in [6.45, 7) is 1.76. The molecule has 2 amide bonds. The van der Waals surface area contributed by atoms with E-state index in [1.165, 1.54) is 0 Å². The van der Waals surface area contributed by atoms with Gasteiger partial charge in [0, 0.05) is 18.0 Å². The van der Waals surface area contributed by atoms with Crippen molar-refractivity contribution in [3.05, 3.63) is 53.9 Å². The van der Waals surface area contributed by atoms with Gasteiger partial charge in [0.1, 0.15) is 5.82 Å². The van der Waals surface area contributed by atoms with Crippen molar-refractivity contribution < 1.29 is 15.0 Å². The van der Waals surface area contributed by atoms with E-state index in [0.29, 0.717) is 34.7 Å². The Labute approximate surface area is 144 Å². The molecule has 0 unspecified atom stereocenters. The number of hydrogen-bond donors (Lipinski definition) is 5. The van der Waals surface area contributed by atoms with E-state index in [4.69, 9.17) is 5.11 Å². The monoisotopic (exact) mass is 343 g/mol. The zero-order valence-electron chi connectivity index (χ0n) is 13.9. The quantitative estimate of drug-likeness (QED) is 0.494. The SMILES string of the molecule is CCNC(=O)Nc1cc2n[nH]c(CO)c2c(CO)n1.c1ccccc1. The fourth-order valence-electron chi connectivity index (χ4n) is 2.18. The highest BCUT2D eigenvalue weighted by Crippen LogP contribution is 2.22. The standard InChI is InChI=1S/C11H15N5O3.C6H6/c1-2-12-11(19)14-9-3-6-10(7(4-17)13-9)8(5-18)16-15-6;1-2-4-6-5-3-1/h3,17-18H,2,4-5H2,1H3,(H,15,16)(H2,12,13,14,19);1-6H. The van der Waals surface area contributed by atoms with Gasteiger partial charge in [-0.15, -0.1) is 0 Å². The highest BCUT2D eigenvalue weighted by Gasteiger charge is 2.13. The summed E-state index contributed by atoms with van der Waals surface area (Å²) in [5.41, 5.74) is 1.35. The van der Waals surface area contributed by atoms with Crippen LogP contribution in [0.2, 0.25) is 0 Å². The molecule has 0 aliphatic rings. The molecule has 0 bridgehead atoms. The van der Waals surface area contributed by atoms with Crippen molar-refractivity contribution in [2.24, 2.45) is 0 Å². The molecule has 0 saturated heterocycles. The molecule has 132 valence electrons. The number of pyridine rings is 1. The number of aromatic amines is 1. The molecule has 5 N–H and O–H groups in total. The van der Waals surface area contributed by atoms with Crippen molar-refractivity contribution in [2.75, 3.05) is 11.9 Å². The maximum Gasteiger partial charge on any atom is 0.320 e. The van der Waals surface area contributed by atoms with E-state index in [1.807, 2.05) is 36.4 Å². The van der Waals surface area contributed by atoms with Crippen LogP contribution >= 0.6 is 0 Å². The van der Waals surface area contributed by atoms with Crippen molar-refractivity contribution in [1.82, 2.24) is 20.5 Å². The number of H-pyrrole nitrogens is 1. The molecule has 0 radical (unpaired) electrons. The number of nitrogens with one attached hydrogen (secondary N) is 3. The molecule has 2 heterocycles. The van der Waals surface area contributed by atoms with E-state index in [2.05, 4.69) is 25.8 Å². The molecule has 0 saturated carbocycles. The lowest BCUT2D eigenvalue weighted by molar-refractivity contribution is 0.252. The predicted octanol–water partition coefficient (Wildman–Crippen LogP) is 1.77. The summed E-state index contributed by atoms with van der Waals surface area (Å²) in [4.78, 5) is 15.5. The number of carbonyl (C=O) groups is 1. The number of fused-ring (bicyclic) bond motifs is 1. The van der Waals surface area contributed by atoms with Crippen LogP contribution in [0.5, 0.6) is 0 Å². The summed E-state index contributed by atoms with van der Waals surface area (Å²) in [7, 11) is 0. The number of aliphatic hydroxyl groups is 2. The number of anilines is 1. The van der Waals surface area contributed by atoms with E-state index in [9.17, 15) is 9.90 Å². The Hall–Kier alpha value is -2.97. The molecule has 0 spiro atoms. The lowest BCUT2D eigenvalue weighted by atomic mass is 10.2. The number of hydrogen-bond acceptors (Lipinski definition) is 5. The summed E-state index contributed by atoms with van der Waals surface area (Å²) < 4.78 is 0. The summed E-state index contributed by atoms with van der Waals surface area (Å²) >= 11 is 0. The lowest BCUT2D eigenvalue weighted by Gasteiger charge is -2.07. The van der Waals surface area contributed by atoms with Gasteiger partial charge in [0.2, 0.25) is 0 Å². The highest BCUT2D eigenvalue weighted by molar-refractivity contribution is 5.92. The molecule has 0 aliphatic carbocycles. The fourth-order valence-corrected chi connectivity index (χ4v) is 2.18. The number of nitrogens with zero attached hydrogens (tertiary/aromatic N) is 2. The van der Waals surface area contributed by atoms with E-state index >= 15 is 0 Å². The second kappa shape index (κ2) is 9.36. The smallest absolute Gasteiger partial charge is 0.320 e. The molecule has 1 aromatic carbocycles. The third-order valence-corrected chi connectivity index (χ3v) is 3.24. The van der Waals surface area contributed by atoms with Crippen molar-refractivity contribution in [3.63, 3.8) is 0 Å². The van der Waals surface area contributed by atoms with Gasteiger partial charge >= 0.3 is 6.03 Å². The van der Waals surface area contributed by atoms with E-state index in [1.54, 1.807) is 13.0 Å². The Balaban J connectivity index is 0.000000316. The van der Waals surface area contributed by atoms with Gasteiger partial charge in [-0.1, -0.05) is 36.4 Å². The molecule has 0 aliphatic heterocycles. The Bertz CT molecular complexity index is 778. The Morgan fingerprint density at radius 3 is 2.28 bits per heavy atom. The van der Waals surface area contributed by atoms with Crippen LogP contribution in [0, 0.1) is 0 Å². The van der Waals surface area contributed by atoms with Gasteiger partial charge < -0.3 is 15.5 Å². The maximum absolute atomic E-state index is 11.4. The molecule has 0 atom stereocenters. The van der Waals surface area contributed by atoms with Gasteiger partial charge in [0.05, 0.1) is 30.1 Å². The number of rotatable bonds is 4. The maximum atomic E-state index is 11.4. The van der Waals surface area contributed by atoms with Crippen molar-refractivity contribution in [3.8, 4) is 0 Å². The number of aromatic nitrogens is 3. The fraction of sp³-hybridized carbons (Fsp3) is 0.235. The van der Waals surface area contributed by atoms with Crippen molar-refractivity contribution in [2.45, 2.75) is 20.1 Å². The first-order chi connectivity index (χ1) is 12.2. The van der Waals surface area contributed by atoms with E-state index < -0.39 is 0 Å². The highest BCUT2D eigenvalue weighted by atomic mass is 16.3. The molecule has 8 nitrogen and oxygen atoms in total. The average Bonchev–Trinajstić information content (AvgIpc) is 3.06. The van der Waals surface area contributed by atoms with Gasteiger partial charge in [0.25, 0.3) is 0 Å². The summed E-state index contributed by atoms with van der Waals surface area (Å²) in [5, 5.41) is 30.9. The van der Waals surface area contributed by atoms with Crippen LogP contribution < -0.4 is 10.6 Å². The second-order valence-corrected chi connectivity index (χ2v) is 5.01. The predicted molar refractivity (Wildman–Crippen MR) is 94.9 cm³/mol. The van der Waals surface area contributed by atoms with Gasteiger partial charge in [-0.2, -0.15) is 5.10 Å². The van der Waals surface area contributed by atoms with E-state index in [0.717, 1.165) is 0 Å². The summed E-state index contributed by atoms with van der Waals surface area (Å²) in [5.74, 6) is 0.290. The lowest BCUT2D eigenvalue weighted by Crippen LogP contribution is -2.28. The zero-order chi connectivity index (χ0) is 18.1. The third-order valence-electron chi connectivity index (χ3n) is 3.24. The van der Waals surface area contributed by atoms with Crippen LogP contribution in [0.25, 0.3) is 10.9 Å².